The highest BCUT2D eigenvalue weighted by Crippen LogP contribution is 2.22. The van der Waals surface area contributed by atoms with Gasteiger partial charge in [-0.15, -0.1) is 0 Å². The molecule has 0 aliphatic carbocycles. The first kappa shape index (κ1) is 16.7. The molecule has 0 spiro atoms. The fourth-order valence-electron chi connectivity index (χ4n) is 3.15. The van der Waals surface area contributed by atoms with Crippen LogP contribution in [-0.2, 0) is 0 Å². The number of pyridine rings is 1. The van der Waals surface area contributed by atoms with Crippen molar-refractivity contribution in [1.29, 1.82) is 0 Å². The number of hydrogen-bond acceptors (Lipinski definition) is 7. The van der Waals surface area contributed by atoms with Gasteiger partial charge in [-0.2, -0.15) is 0 Å². The Morgan fingerprint density at radius 1 is 1.35 bits per heavy atom. The number of aromatic nitrogens is 4. The van der Waals surface area contributed by atoms with E-state index >= 15 is 0 Å². The van der Waals surface area contributed by atoms with Gasteiger partial charge < -0.3 is 20.5 Å². The molecule has 8 heteroatoms. The minimum absolute atomic E-state index is 0.0171. The number of aliphatic hydroxyl groups excluding tert-OH is 1. The molecule has 0 bridgehead atoms. The maximum absolute atomic E-state index is 8.87. The van der Waals surface area contributed by atoms with Crippen molar-refractivity contribution in [3.63, 3.8) is 0 Å². The van der Waals surface area contributed by atoms with Gasteiger partial charge in [0.15, 0.2) is 0 Å². The molecular weight excluding hydrogens is 332 g/mol. The van der Waals surface area contributed by atoms with E-state index in [1.807, 2.05) is 22.7 Å². The number of rotatable bonds is 6. The molecule has 136 valence electrons. The average molecular weight is 354 g/mol. The molecule has 0 unspecified atom stereocenters. The minimum atomic E-state index is -0.0171. The summed E-state index contributed by atoms with van der Waals surface area (Å²) in [6.07, 6.45) is 9.45. The minimum Gasteiger partial charge on any atom is -0.491 e. The van der Waals surface area contributed by atoms with Crippen molar-refractivity contribution in [2.24, 2.45) is 0 Å². The zero-order chi connectivity index (χ0) is 17.8. The average Bonchev–Trinajstić information content (AvgIpc) is 3.10. The Bertz CT molecular complexity index is 875. The first-order valence-electron chi connectivity index (χ1n) is 8.84. The summed E-state index contributed by atoms with van der Waals surface area (Å²) >= 11 is 0. The van der Waals surface area contributed by atoms with Crippen LogP contribution in [0, 0.1) is 0 Å². The summed E-state index contributed by atoms with van der Waals surface area (Å²) in [4.78, 5) is 13.5. The zero-order valence-electron chi connectivity index (χ0n) is 14.4. The Morgan fingerprint density at radius 3 is 3.15 bits per heavy atom. The van der Waals surface area contributed by atoms with Crippen molar-refractivity contribution in [2.45, 2.75) is 18.9 Å². The van der Waals surface area contributed by atoms with Crippen LogP contribution < -0.4 is 15.4 Å². The van der Waals surface area contributed by atoms with Gasteiger partial charge in [-0.3, -0.25) is 9.38 Å². The van der Waals surface area contributed by atoms with E-state index in [2.05, 4.69) is 20.6 Å². The molecule has 0 radical (unpaired) electrons. The van der Waals surface area contributed by atoms with E-state index in [-0.39, 0.29) is 13.2 Å². The van der Waals surface area contributed by atoms with E-state index in [4.69, 9.17) is 14.8 Å². The highest BCUT2D eigenvalue weighted by Gasteiger charge is 2.14. The fraction of sp³-hybridized carbons (Fsp3) is 0.389. The number of fused-ring (bicyclic) bond motifs is 1. The third-order valence-corrected chi connectivity index (χ3v) is 4.39. The second-order valence-electron chi connectivity index (χ2n) is 6.28. The van der Waals surface area contributed by atoms with Gasteiger partial charge in [0.1, 0.15) is 29.5 Å². The van der Waals surface area contributed by atoms with Gasteiger partial charge >= 0.3 is 0 Å². The summed E-state index contributed by atoms with van der Waals surface area (Å²) in [5.41, 5.74) is 2.38. The lowest BCUT2D eigenvalue weighted by molar-refractivity contribution is 0.201. The van der Waals surface area contributed by atoms with Crippen LogP contribution in [0.15, 0.2) is 36.9 Å². The van der Waals surface area contributed by atoms with E-state index in [1.54, 1.807) is 18.6 Å². The lowest BCUT2D eigenvalue weighted by Crippen LogP contribution is -2.38. The third-order valence-electron chi connectivity index (χ3n) is 4.39. The highest BCUT2D eigenvalue weighted by molar-refractivity contribution is 5.61. The van der Waals surface area contributed by atoms with Gasteiger partial charge in [0.2, 0.25) is 0 Å². The van der Waals surface area contributed by atoms with E-state index in [0.29, 0.717) is 11.8 Å². The second-order valence-corrected chi connectivity index (χ2v) is 6.28. The summed E-state index contributed by atoms with van der Waals surface area (Å²) in [7, 11) is 0. The molecule has 3 aromatic rings. The molecule has 1 saturated heterocycles. The SMILES string of the molecule is OCCOc1ccn2c(-c3cncc(N[C@@H]4CCCNC4)n3)cnc2c1. The van der Waals surface area contributed by atoms with Crippen LogP contribution in [-0.4, -0.2) is 56.8 Å². The van der Waals surface area contributed by atoms with Crippen molar-refractivity contribution in [3.8, 4) is 17.1 Å². The molecular formula is C18H22N6O2. The molecule has 1 atom stereocenters. The van der Waals surface area contributed by atoms with Gasteiger partial charge in [-0.05, 0) is 25.5 Å². The van der Waals surface area contributed by atoms with Crippen molar-refractivity contribution >= 4 is 11.5 Å². The van der Waals surface area contributed by atoms with Gasteiger partial charge in [0, 0.05) is 24.8 Å². The molecule has 3 aromatic heterocycles. The normalized spacial score (nSPS) is 17.3. The molecule has 0 aromatic carbocycles. The molecule has 1 fully saturated rings. The number of anilines is 1. The maximum Gasteiger partial charge on any atom is 0.145 e. The lowest BCUT2D eigenvalue weighted by atomic mass is 10.1. The number of aliphatic hydroxyl groups is 1. The predicted octanol–water partition coefficient (Wildman–Crippen LogP) is 1.33. The molecule has 8 nitrogen and oxygen atoms in total. The summed E-state index contributed by atoms with van der Waals surface area (Å²) in [6.45, 7) is 2.27. The monoisotopic (exact) mass is 354 g/mol. The number of ether oxygens (including phenoxy) is 1. The van der Waals surface area contributed by atoms with Crippen molar-refractivity contribution < 1.29 is 9.84 Å². The molecule has 0 saturated carbocycles. The number of imidazole rings is 1. The second kappa shape index (κ2) is 7.67. The van der Waals surface area contributed by atoms with E-state index in [0.717, 1.165) is 42.4 Å². The Hall–Kier alpha value is -2.71. The van der Waals surface area contributed by atoms with Gasteiger partial charge in [-0.1, -0.05) is 0 Å². The Labute approximate surface area is 151 Å². The van der Waals surface area contributed by atoms with Crippen LogP contribution in [0.4, 0.5) is 5.82 Å². The largest absolute Gasteiger partial charge is 0.491 e. The van der Waals surface area contributed by atoms with Crippen LogP contribution in [0.2, 0.25) is 0 Å². The van der Waals surface area contributed by atoms with Gasteiger partial charge in [-0.25, -0.2) is 9.97 Å². The van der Waals surface area contributed by atoms with Crippen LogP contribution >= 0.6 is 0 Å². The summed E-state index contributed by atoms with van der Waals surface area (Å²) in [5, 5.41) is 15.7. The van der Waals surface area contributed by atoms with Crippen molar-refractivity contribution in [3.05, 3.63) is 36.9 Å². The fourth-order valence-corrected chi connectivity index (χ4v) is 3.15. The lowest BCUT2D eigenvalue weighted by Gasteiger charge is -2.24. The van der Waals surface area contributed by atoms with Crippen LogP contribution in [0.3, 0.4) is 0 Å². The predicted molar refractivity (Wildman–Crippen MR) is 98.3 cm³/mol. The van der Waals surface area contributed by atoms with Gasteiger partial charge in [0.25, 0.3) is 0 Å². The van der Waals surface area contributed by atoms with E-state index < -0.39 is 0 Å². The van der Waals surface area contributed by atoms with Crippen LogP contribution in [0.1, 0.15) is 12.8 Å². The molecule has 1 aliphatic rings. The van der Waals surface area contributed by atoms with Crippen molar-refractivity contribution in [2.75, 3.05) is 31.6 Å². The number of nitrogens with zero attached hydrogens (tertiary/aromatic N) is 4. The quantitative estimate of drug-likeness (QED) is 0.614. The first-order chi connectivity index (χ1) is 12.8. The number of hydrogen-bond donors (Lipinski definition) is 3. The van der Waals surface area contributed by atoms with E-state index in [1.165, 1.54) is 6.42 Å². The van der Waals surface area contributed by atoms with E-state index in [9.17, 15) is 0 Å². The van der Waals surface area contributed by atoms with Crippen molar-refractivity contribution in [1.82, 2.24) is 24.7 Å². The summed E-state index contributed by atoms with van der Waals surface area (Å²) < 4.78 is 7.38. The first-order valence-corrected chi connectivity index (χ1v) is 8.84. The Balaban J connectivity index is 1.57. The highest BCUT2D eigenvalue weighted by atomic mass is 16.5. The zero-order valence-corrected chi connectivity index (χ0v) is 14.4. The topological polar surface area (TPSA) is 96.6 Å². The standard InChI is InChI=1S/C18H22N6O2/c25-6-7-26-14-3-5-24-16(11-21-18(24)8-14)15-10-20-12-17(23-15)22-13-2-1-4-19-9-13/h3,5,8,10-13,19,25H,1-2,4,6-7,9H2,(H,22,23)/t13-/m1/s1. The molecule has 26 heavy (non-hydrogen) atoms. The summed E-state index contributed by atoms with van der Waals surface area (Å²) in [5.74, 6) is 1.45. The Kier molecular flexibility index (Phi) is 4.94. The molecule has 4 heterocycles. The maximum atomic E-state index is 8.87. The molecule has 1 aliphatic heterocycles. The molecule has 3 N–H and O–H groups in total. The van der Waals surface area contributed by atoms with Crippen LogP contribution in [0.5, 0.6) is 5.75 Å². The third kappa shape index (κ3) is 3.61. The summed E-state index contributed by atoms with van der Waals surface area (Å²) in [6, 6.07) is 4.06. The number of piperidine rings is 1. The Morgan fingerprint density at radius 2 is 2.31 bits per heavy atom. The van der Waals surface area contributed by atoms with Crippen LogP contribution in [0.25, 0.3) is 17.0 Å². The van der Waals surface area contributed by atoms with Gasteiger partial charge in [0.05, 0.1) is 30.9 Å². The molecule has 0 amide bonds. The molecule has 4 rings (SSSR count). The smallest absolute Gasteiger partial charge is 0.145 e. The number of nitrogens with one attached hydrogen (secondary N) is 2.